The van der Waals surface area contributed by atoms with Gasteiger partial charge in [-0.2, -0.15) is 0 Å². The van der Waals surface area contributed by atoms with Crippen LogP contribution < -0.4 is 0 Å². The van der Waals surface area contributed by atoms with Gasteiger partial charge < -0.3 is 9.80 Å². The summed E-state index contributed by atoms with van der Waals surface area (Å²) in [5.74, 6) is 0.00214. The molecule has 2 aliphatic rings. The first-order valence-electron chi connectivity index (χ1n) is 10.6. The van der Waals surface area contributed by atoms with Crippen molar-refractivity contribution in [3.63, 3.8) is 0 Å². The molecule has 1 aromatic carbocycles. The zero-order valence-electron chi connectivity index (χ0n) is 17.7. The van der Waals surface area contributed by atoms with Crippen LogP contribution >= 0.6 is 22.9 Å². The van der Waals surface area contributed by atoms with Crippen LogP contribution in [0.25, 0.3) is 0 Å². The van der Waals surface area contributed by atoms with Crippen LogP contribution in [0.15, 0.2) is 41.8 Å². The van der Waals surface area contributed by atoms with E-state index in [2.05, 4.69) is 0 Å². The Morgan fingerprint density at radius 2 is 1.84 bits per heavy atom. The SMILES string of the molecule is O=C(c1ccccc1Cl)N1CCN(CC(=O)N(Cc2cccs2)[C@@H]2CCS(=O)(=O)C2)CC1. The smallest absolute Gasteiger partial charge is 0.255 e. The van der Waals surface area contributed by atoms with E-state index in [-0.39, 0.29) is 35.9 Å². The lowest BCUT2D eigenvalue weighted by molar-refractivity contribution is -0.135. The molecular formula is C22H26ClN3O4S2. The Morgan fingerprint density at radius 3 is 2.47 bits per heavy atom. The number of hydrogen-bond acceptors (Lipinski definition) is 6. The number of thiophene rings is 1. The van der Waals surface area contributed by atoms with Crippen molar-refractivity contribution in [1.82, 2.24) is 14.7 Å². The highest BCUT2D eigenvalue weighted by atomic mass is 35.5. The van der Waals surface area contributed by atoms with Crippen LogP contribution in [0, 0.1) is 0 Å². The second kappa shape index (κ2) is 9.91. The molecular weight excluding hydrogens is 470 g/mol. The van der Waals surface area contributed by atoms with Crippen LogP contribution in [0.2, 0.25) is 5.02 Å². The average Bonchev–Trinajstić information content (AvgIpc) is 3.41. The fourth-order valence-electron chi connectivity index (χ4n) is 4.21. The van der Waals surface area contributed by atoms with Crippen molar-refractivity contribution < 1.29 is 18.0 Å². The summed E-state index contributed by atoms with van der Waals surface area (Å²) >= 11 is 7.73. The molecule has 172 valence electrons. The van der Waals surface area contributed by atoms with Crippen LogP contribution in [-0.2, 0) is 21.2 Å². The first-order chi connectivity index (χ1) is 15.3. The van der Waals surface area contributed by atoms with Crippen molar-refractivity contribution in [3.05, 3.63) is 57.2 Å². The lowest BCUT2D eigenvalue weighted by Gasteiger charge is -2.36. The minimum Gasteiger partial charge on any atom is -0.336 e. The molecule has 4 rings (SSSR count). The van der Waals surface area contributed by atoms with Gasteiger partial charge >= 0.3 is 0 Å². The van der Waals surface area contributed by atoms with Gasteiger partial charge in [0, 0.05) is 37.1 Å². The van der Waals surface area contributed by atoms with Crippen LogP contribution in [0.4, 0.5) is 0 Å². The molecule has 3 heterocycles. The van der Waals surface area contributed by atoms with Crippen molar-refractivity contribution in [2.75, 3.05) is 44.2 Å². The standard InChI is InChI=1S/C22H26ClN3O4S2/c23-20-6-2-1-5-19(20)22(28)25-10-8-24(9-11-25)15-21(27)26(14-18-4-3-12-31-18)17-7-13-32(29,30)16-17/h1-6,12,17H,7-11,13-16H2/t17-/m1/s1. The maximum Gasteiger partial charge on any atom is 0.255 e. The fraction of sp³-hybridized carbons (Fsp3) is 0.455. The van der Waals surface area contributed by atoms with Crippen LogP contribution in [0.3, 0.4) is 0 Å². The average molecular weight is 496 g/mol. The number of sulfone groups is 1. The summed E-state index contributed by atoms with van der Waals surface area (Å²) in [6.07, 6.45) is 0.486. The van der Waals surface area contributed by atoms with E-state index in [1.807, 2.05) is 22.4 Å². The quantitative estimate of drug-likeness (QED) is 0.615. The summed E-state index contributed by atoms with van der Waals surface area (Å²) in [7, 11) is -3.09. The van der Waals surface area contributed by atoms with Gasteiger partial charge in [-0.1, -0.05) is 29.8 Å². The van der Waals surface area contributed by atoms with Crippen molar-refractivity contribution in [2.24, 2.45) is 0 Å². The van der Waals surface area contributed by atoms with Gasteiger partial charge in [0.05, 0.1) is 35.2 Å². The number of carbonyl (C=O) groups is 2. The minimum absolute atomic E-state index is 0.0320. The molecule has 0 spiro atoms. The molecule has 2 saturated heterocycles. The summed E-state index contributed by atoms with van der Waals surface area (Å²) in [5, 5.41) is 2.39. The highest BCUT2D eigenvalue weighted by molar-refractivity contribution is 7.91. The molecule has 2 aromatic rings. The van der Waals surface area contributed by atoms with Gasteiger partial charge in [-0.15, -0.1) is 11.3 Å². The van der Waals surface area contributed by atoms with E-state index in [1.54, 1.807) is 45.4 Å². The summed E-state index contributed by atoms with van der Waals surface area (Å²) in [5.41, 5.74) is 0.489. The highest BCUT2D eigenvalue weighted by Crippen LogP contribution is 2.23. The monoisotopic (exact) mass is 495 g/mol. The summed E-state index contributed by atoms with van der Waals surface area (Å²) in [4.78, 5) is 32.5. The number of benzene rings is 1. The molecule has 2 fully saturated rings. The third kappa shape index (κ3) is 5.51. The zero-order valence-corrected chi connectivity index (χ0v) is 20.0. The largest absolute Gasteiger partial charge is 0.336 e. The third-order valence-electron chi connectivity index (χ3n) is 6.00. The number of rotatable bonds is 6. The molecule has 0 N–H and O–H groups in total. The maximum atomic E-state index is 13.2. The molecule has 32 heavy (non-hydrogen) atoms. The molecule has 0 bridgehead atoms. The second-order valence-electron chi connectivity index (χ2n) is 8.21. The van der Waals surface area contributed by atoms with E-state index >= 15 is 0 Å². The second-order valence-corrected chi connectivity index (χ2v) is 11.9. The molecule has 0 radical (unpaired) electrons. The normalized spacial score (nSPS) is 20.9. The van der Waals surface area contributed by atoms with Gasteiger partial charge in [0.2, 0.25) is 5.91 Å². The van der Waals surface area contributed by atoms with E-state index in [9.17, 15) is 18.0 Å². The summed E-state index contributed by atoms with van der Waals surface area (Å²) < 4.78 is 24.0. The first kappa shape index (κ1) is 23.2. The van der Waals surface area contributed by atoms with E-state index in [0.717, 1.165) is 4.88 Å². The Labute approximate surface area is 197 Å². The molecule has 2 aliphatic heterocycles. The summed E-state index contributed by atoms with van der Waals surface area (Å²) in [6.45, 7) is 2.84. The number of nitrogens with zero attached hydrogens (tertiary/aromatic N) is 3. The highest BCUT2D eigenvalue weighted by Gasteiger charge is 2.35. The fourth-order valence-corrected chi connectivity index (χ4v) is 6.86. The van der Waals surface area contributed by atoms with E-state index in [1.165, 1.54) is 0 Å². The molecule has 7 nitrogen and oxygen atoms in total. The number of halogens is 1. The predicted octanol–water partition coefficient (Wildman–Crippen LogP) is 2.38. The Bertz CT molecular complexity index is 1070. The van der Waals surface area contributed by atoms with Crippen molar-refractivity contribution >= 4 is 44.6 Å². The van der Waals surface area contributed by atoms with Crippen molar-refractivity contribution in [1.29, 1.82) is 0 Å². The molecule has 2 amide bonds. The molecule has 10 heteroatoms. The van der Waals surface area contributed by atoms with E-state index in [0.29, 0.717) is 49.7 Å². The Hall–Kier alpha value is -1.94. The number of hydrogen-bond donors (Lipinski definition) is 0. The van der Waals surface area contributed by atoms with Gasteiger partial charge in [-0.25, -0.2) is 8.42 Å². The van der Waals surface area contributed by atoms with Gasteiger partial charge in [-0.05, 0) is 30.0 Å². The maximum absolute atomic E-state index is 13.2. The first-order valence-corrected chi connectivity index (χ1v) is 13.7. The Balaban J connectivity index is 1.37. The lowest BCUT2D eigenvalue weighted by Crippen LogP contribution is -2.52. The zero-order chi connectivity index (χ0) is 22.7. The molecule has 1 atom stereocenters. The van der Waals surface area contributed by atoms with Crippen LogP contribution in [-0.4, -0.2) is 85.2 Å². The van der Waals surface area contributed by atoms with E-state index < -0.39 is 9.84 Å². The van der Waals surface area contributed by atoms with Gasteiger partial charge in [0.15, 0.2) is 9.84 Å². The number of piperazine rings is 1. The molecule has 0 aliphatic carbocycles. The van der Waals surface area contributed by atoms with Crippen LogP contribution in [0.5, 0.6) is 0 Å². The number of amides is 2. The minimum atomic E-state index is -3.09. The van der Waals surface area contributed by atoms with Gasteiger partial charge in [-0.3, -0.25) is 14.5 Å². The van der Waals surface area contributed by atoms with Gasteiger partial charge in [0.1, 0.15) is 0 Å². The van der Waals surface area contributed by atoms with Crippen LogP contribution in [0.1, 0.15) is 21.7 Å². The Kier molecular flexibility index (Phi) is 7.19. The Morgan fingerprint density at radius 1 is 1.09 bits per heavy atom. The topological polar surface area (TPSA) is 78.0 Å². The molecule has 0 unspecified atom stereocenters. The third-order valence-corrected chi connectivity index (χ3v) is 8.94. The van der Waals surface area contributed by atoms with Gasteiger partial charge in [0.25, 0.3) is 5.91 Å². The predicted molar refractivity (Wildman–Crippen MR) is 126 cm³/mol. The summed E-state index contributed by atoms with van der Waals surface area (Å²) in [6, 6.07) is 10.6. The molecule has 1 aromatic heterocycles. The van der Waals surface area contributed by atoms with Crippen molar-refractivity contribution in [2.45, 2.75) is 19.0 Å². The van der Waals surface area contributed by atoms with E-state index in [4.69, 9.17) is 11.6 Å². The lowest BCUT2D eigenvalue weighted by atomic mass is 10.1. The number of carbonyl (C=O) groups excluding carboxylic acids is 2. The van der Waals surface area contributed by atoms with Crippen molar-refractivity contribution in [3.8, 4) is 0 Å². The molecule has 0 saturated carbocycles.